The summed E-state index contributed by atoms with van der Waals surface area (Å²) in [5.41, 5.74) is -1.71. The lowest BCUT2D eigenvalue weighted by Crippen LogP contribution is -2.20. The Balaban J connectivity index is 2.74. The molecule has 0 nitrogen and oxygen atoms in total. The van der Waals surface area contributed by atoms with E-state index in [-0.39, 0.29) is 11.8 Å². The van der Waals surface area contributed by atoms with Crippen molar-refractivity contribution in [2.75, 3.05) is 0 Å². The summed E-state index contributed by atoms with van der Waals surface area (Å²) in [4.78, 5) is 0.295. The van der Waals surface area contributed by atoms with Gasteiger partial charge in [-0.25, -0.2) is 4.39 Å². The quantitative estimate of drug-likeness (QED) is 0.563. The van der Waals surface area contributed by atoms with Crippen molar-refractivity contribution in [2.45, 2.75) is 22.7 Å². The molecule has 1 aromatic carbocycles. The Morgan fingerprint density at radius 2 is 1.79 bits per heavy atom. The molecule has 0 aromatic heterocycles. The van der Waals surface area contributed by atoms with Gasteiger partial charge in [0.15, 0.2) is 0 Å². The molecule has 78 valence electrons. The van der Waals surface area contributed by atoms with Gasteiger partial charge in [-0.2, -0.15) is 8.78 Å². The molecule has 0 saturated heterocycles. The topological polar surface area (TPSA) is 0 Å². The average Bonchev–Trinajstić information content (AvgIpc) is 2.08. The van der Waals surface area contributed by atoms with Crippen LogP contribution in [-0.2, 0) is 0 Å². The molecule has 5 heteroatoms. The van der Waals surface area contributed by atoms with Gasteiger partial charge in [0.2, 0.25) is 5.63 Å². The second-order valence-corrected chi connectivity index (χ2v) is 4.38. The van der Waals surface area contributed by atoms with Crippen molar-refractivity contribution in [3.8, 4) is 0 Å². The van der Waals surface area contributed by atoms with Gasteiger partial charge in [0, 0.05) is 4.90 Å². The summed E-state index contributed by atoms with van der Waals surface area (Å²) >= 11 is 4.84. The van der Waals surface area contributed by atoms with Crippen molar-refractivity contribution >= 4 is 23.4 Å². The summed E-state index contributed by atoms with van der Waals surface area (Å²) in [6.07, 6.45) is 0. The summed E-state index contributed by atoms with van der Waals surface area (Å²) in [6, 6.07) is 6.38. The minimum atomic E-state index is -3.59. The van der Waals surface area contributed by atoms with Crippen LogP contribution in [-0.4, -0.2) is 10.9 Å². The molecule has 0 amide bonds. The summed E-state index contributed by atoms with van der Waals surface area (Å²) in [5, 5.41) is -3.59. The smallest absolute Gasteiger partial charge is 0.222 e. The molecule has 1 atom stereocenters. The van der Waals surface area contributed by atoms with E-state index in [0.29, 0.717) is 4.90 Å². The molecule has 0 aliphatic rings. The number of hydrogen-bond acceptors (Lipinski definition) is 1. The predicted molar refractivity (Wildman–Crippen MR) is 52.7 cm³/mol. The third kappa shape index (κ3) is 3.10. The van der Waals surface area contributed by atoms with Crippen molar-refractivity contribution in [2.24, 2.45) is 0 Å². The van der Waals surface area contributed by atoms with E-state index in [1.807, 2.05) is 6.92 Å². The fraction of sp³-hybridized carbons (Fsp3) is 0.333. The number of aryl methyl sites for hydroxylation is 1. The van der Waals surface area contributed by atoms with E-state index in [2.05, 4.69) is 0 Å². The van der Waals surface area contributed by atoms with Crippen LogP contribution in [0.5, 0.6) is 0 Å². The van der Waals surface area contributed by atoms with Crippen molar-refractivity contribution in [3.63, 3.8) is 0 Å². The number of alkyl halides is 4. The SMILES string of the molecule is Cc1ccc(SC(F)(F)C(F)Cl)cc1. The first-order chi connectivity index (χ1) is 6.42. The summed E-state index contributed by atoms with van der Waals surface area (Å²) < 4.78 is 37.8. The predicted octanol–water partition coefficient (Wildman–Crippen LogP) is 4.21. The van der Waals surface area contributed by atoms with Gasteiger partial charge in [0.05, 0.1) is 0 Å². The highest BCUT2D eigenvalue weighted by Crippen LogP contribution is 2.41. The fourth-order valence-corrected chi connectivity index (χ4v) is 1.62. The Hall–Kier alpha value is -0.350. The van der Waals surface area contributed by atoms with E-state index in [4.69, 9.17) is 11.6 Å². The molecule has 1 unspecified atom stereocenters. The van der Waals surface area contributed by atoms with Gasteiger partial charge in [-0.05, 0) is 30.8 Å². The molecular weight excluding hydrogens is 233 g/mol. The second kappa shape index (κ2) is 4.45. The van der Waals surface area contributed by atoms with Gasteiger partial charge in [-0.15, -0.1) is 0 Å². The lowest BCUT2D eigenvalue weighted by Gasteiger charge is -2.15. The van der Waals surface area contributed by atoms with Crippen LogP contribution < -0.4 is 0 Å². The maximum atomic E-state index is 12.8. The standard InChI is InChI=1S/C9H8ClF3S/c1-6-2-4-7(5-3-6)14-9(12,13)8(10)11/h2-5,8H,1H3. The number of hydrogen-bond donors (Lipinski definition) is 0. The van der Waals surface area contributed by atoms with Crippen LogP contribution in [0.15, 0.2) is 29.2 Å². The Kier molecular flexibility index (Phi) is 3.72. The summed E-state index contributed by atoms with van der Waals surface area (Å²) in [6.45, 7) is 1.84. The van der Waals surface area contributed by atoms with E-state index in [1.165, 1.54) is 12.1 Å². The van der Waals surface area contributed by atoms with Crippen LogP contribution in [0.2, 0.25) is 0 Å². The number of benzene rings is 1. The minimum absolute atomic E-state index is 0.122. The molecule has 0 radical (unpaired) electrons. The maximum absolute atomic E-state index is 12.8. The fourth-order valence-electron chi connectivity index (χ4n) is 0.808. The molecule has 0 heterocycles. The van der Waals surface area contributed by atoms with Gasteiger partial charge in [0.1, 0.15) is 0 Å². The monoisotopic (exact) mass is 240 g/mol. The van der Waals surface area contributed by atoms with E-state index in [9.17, 15) is 13.2 Å². The highest BCUT2D eigenvalue weighted by Gasteiger charge is 2.40. The van der Waals surface area contributed by atoms with Crippen LogP contribution >= 0.6 is 23.4 Å². The minimum Gasteiger partial charge on any atom is -0.222 e. The Morgan fingerprint density at radius 1 is 1.29 bits per heavy atom. The van der Waals surface area contributed by atoms with E-state index >= 15 is 0 Å². The van der Waals surface area contributed by atoms with E-state index in [0.717, 1.165) is 5.56 Å². The maximum Gasteiger partial charge on any atom is 0.342 e. The molecule has 0 aliphatic heterocycles. The summed E-state index contributed by atoms with van der Waals surface area (Å²) in [5.74, 6) is 0. The largest absolute Gasteiger partial charge is 0.342 e. The van der Waals surface area contributed by atoms with Crippen molar-refractivity contribution in [1.29, 1.82) is 0 Å². The second-order valence-electron chi connectivity index (χ2n) is 2.78. The van der Waals surface area contributed by atoms with Crippen LogP contribution in [0.1, 0.15) is 5.56 Å². The molecule has 0 N–H and O–H groups in total. The first-order valence-electron chi connectivity index (χ1n) is 3.83. The summed E-state index contributed by atoms with van der Waals surface area (Å²) in [7, 11) is 0. The molecule has 1 rings (SSSR count). The molecular formula is C9H8ClF3S. The average molecular weight is 241 g/mol. The zero-order valence-corrected chi connectivity index (χ0v) is 8.88. The van der Waals surface area contributed by atoms with Crippen molar-refractivity contribution < 1.29 is 13.2 Å². The molecule has 14 heavy (non-hydrogen) atoms. The zero-order chi connectivity index (χ0) is 10.8. The van der Waals surface area contributed by atoms with Crippen molar-refractivity contribution in [1.82, 2.24) is 0 Å². The lowest BCUT2D eigenvalue weighted by atomic mass is 10.2. The molecule has 0 bridgehead atoms. The molecule has 1 aromatic rings. The van der Waals surface area contributed by atoms with Crippen molar-refractivity contribution in [3.05, 3.63) is 29.8 Å². The highest BCUT2D eigenvalue weighted by atomic mass is 35.5. The van der Waals surface area contributed by atoms with E-state index < -0.39 is 10.9 Å². The third-order valence-corrected chi connectivity index (χ3v) is 2.92. The van der Waals surface area contributed by atoms with Gasteiger partial charge >= 0.3 is 5.25 Å². The number of thioether (sulfide) groups is 1. The first-order valence-corrected chi connectivity index (χ1v) is 5.09. The molecule has 0 spiro atoms. The van der Waals surface area contributed by atoms with Gasteiger partial charge < -0.3 is 0 Å². The molecule has 0 aliphatic carbocycles. The Bertz CT molecular complexity index is 297. The molecule has 0 saturated carbocycles. The van der Waals surface area contributed by atoms with E-state index in [1.54, 1.807) is 12.1 Å². The normalized spacial score (nSPS) is 14.1. The van der Waals surface area contributed by atoms with Crippen LogP contribution in [0.25, 0.3) is 0 Å². The van der Waals surface area contributed by atoms with Gasteiger partial charge in [-0.3, -0.25) is 0 Å². The Labute approximate surface area is 89.4 Å². The van der Waals surface area contributed by atoms with Crippen LogP contribution in [0, 0.1) is 6.92 Å². The number of halogens is 4. The van der Waals surface area contributed by atoms with Gasteiger partial charge in [0.25, 0.3) is 0 Å². The Morgan fingerprint density at radius 3 is 2.21 bits per heavy atom. The number of rotatable bonds is 3. The molecule has 0 fully saturated rings. The lowest BCUT2D eigenvalue weighted by molar-refractivity contribution is 0.0537. The van der Waals surface area contributed by atoms with Crippen LogP contribution in [0.3, 0.4) is 0 Å². The van der Waals surface area contributed by atoms with Crippen LogP contribution in [0.4, 0.5) is 13.2 Å². The third-order valence-electron chi connectivity index (χ3n) is 1.53. The van der Waals surface area contributed by atoms with Gasteiger partial charge in [-0.1, -0.05) is 29.3 Å². The zero-order valence-electron chi connectivity index (χ0n) is 7.31. The first kappa shape index (κ1) is 11.7. The highest BCUT2D eigenvalue weighted by molar-refractivity contribution is 8.00.